The topological polar surface area (TPSA) is 60.1 Å². The number of aryl methyl sites for hydroxylation is 2. The van der Waals surface area contributed by atoms with Gasteiger partial charge < -0.3 is 9.47 Å². The van der Waals surface area contributed by atoms with E-state index in [1.165, 1.54) is 0 Å². The molecule has 0 aliphatic heterocycles. The first-order valence-electron chi connectivity index (χ1n) is 5.40. The van der Waals surface area contributed by atoms with Crippen molar-refractivity contribution in [1.82, 2.24) is 9.78 Å². The normalized spacial score (nSPS) is 9.89. The van der Waals surface area contributed by atoms with Crippen molar-refractivity contribution in [3.63, 3.8) is 0 Å². The molecule has 2 aromatic rings. The Bertz CT molecular complexity index is 611. The van der Waals surface area contributed by atoms with Crippen molar-refractivity contribution in [2.24, 2.45) is 7.05 Å². The van der Waals surface area contributed by atoms with Gasteiger partial charge in [-0.2, -0.15) is 10.4 Å². The molecule has 0 aliphatic rings. The summed E-state index contributed by atoms with van der Waals surface area (Å²) in [6.07, 6.45) is 0. The fourth-order valence-electron chi connectivity index (χ4n) is 1.60. The largest absolute Gasteiger partial charge is 0.497 e. The van der Waals surface area contributed by atoms with Crippen LogP contribution < -0.4 is 9.47 Å². The maximum Gasteiger partial charge on any atom is 0.217 e. The third kappa shape index (κ3) is 2.28. The molecule has 0 aliphatic carbocycles. The third-order valence-corrected chi connectivity index (χ3v) is 2.48. The van der Waals surface area contributed by atoms with E-state index in [1.54, 1.807) is 43.1 Å². The number of hydrogen-bond acceptors (Lipinski definition) is 4. The molecular formula is C13H13N3O2. The van der Waals surface area contributed by atoms with Gasteiger partial charge in [-0.1, -0.05) is 0 Å². The maximum atomic E-state index is 9.04. The molecule has 0 N–H and O–H groups in total. The van der Waals surface area contributed by atoms with Crippen molar-refractivity contribution in [1.29, 1.82) is 5.26 Å². The second kappa shape index (κ2) is 4.80. The van der Waals surface area contributed by atoms with Crippen LogP contribution in [0.15, 0.2) is 24.3 Å². The molecule has 0 amide bonds. The van der Waals surface area contributed by atoms with Crippen LogP contribution in [0.3, 0.4) is 0 Å². The fraction of sp³-hybridized carbons (Fsp3) is 0.231. The van der Waals surface area contributed by atoms with E-state index >= 15 is 0 Å². The summed E-state index contributed by atoms with van der Waals surface area (Å²) in [6, 6.07) is 8.96. The van der Waals surface area contributed by atoms with E-state index in [-0.39, 0.29) is 0 Å². The molecule has 0 atom stereocenters. The zero-order valence-corrected chi connectivity index (χ0v) is 10.5. The number of aromatic nitrogens is 2. The molecule has 0 saturated carbocycles. The first-order chi connectivity index (χ1) is 8.63. The third-order valence-electron chi connectivity index (χ3n) is 2.48. The van der Waals surface area contributed by atoms with E-state index in [4.69, 9.17) is 14.7 Å². The molecule has 0 unspecified atom stereocenters. The molecule has 1 aromatic heterocycles. The first-order valence-corrected chi connectivity index (χ1v) is 5.40. The zero-order valence-electron chi connectivity index (χ0n) is 10.5. The van der Waals surface area contributed by atoms with Gasteiger partial charge in [0, 0.05) is 19.2 Å². The van der Waals surface area contributed by atoms with Crippen LogP contribution in [0.1, 0.15) is 11.3 Å². The smallest absolute Gasteiger partial charge is 0.217 e. The van der Waals surface area contributed by atoms with Gasteiger partial charge in [0.25, 0.3) is 0 Å². The number of methoxy groups -OCH3 is 1. The summed E-state index contributed by atoms with van der Waals surface area (Å²) < 4.78 is 12.4. The quantitative estimate of drug-likeness (QED) is 0.830. The number of benzene rings is 1. The summed E-state index contributed by atoms with van der Waals surface area (Å²) in [5, 5.41) is 13.2. The van der Waals surface area contributed by atoms with Gasteiger partial charge >= 0.3 is 0 Å². The highest BCUT2D eigenvalue weighted by Crippen LogP contribution is 2.29. The Labute approximate surface area is 105 Å². The second-order valence-corrected chi connectivity index (χ2v) is 3.82. The SMILES string of the molecule is COc1ccc(C#N)c(Oc2cc(C)nn2C)c1. The molecule has 0 bridgehead atoms. The highest BCUT2D eigenvalue weighted by Gasteiger charge is 2.10. The Kier molecular flexibility index (Phi) is 3.20. The van der Waals surface area contributed by atoms with Crippen LogP contribution in [0.4, 0.5) is 0 Å². The second-order valence-electron chi connectivity index (χ2n) is 3.82. The van der Waals surface area contributed by atoms with E-state index in [0.29, 0.717) is 22.9 Å². The molecule has 0 radical (unpaired) electrons. The van der Waals surface area contributed by atoms with Gasteiger partial charge in [-0.15, -0.1) is 0 Å². The van der Waals surface area contributed by atoms with Crippen molar-refractivity contribution in [2.45, 2.75) is 6.92 Å². The van der Waals surface area contributed by atoms with Gasteiger partial charge in [-0.3, -0.25) is 0 Å². The van der Waals surface area contributed by atoms with E-state index in [9.17, 15) is 0 Å². The van der Waals surface area contributed by atoms with Crippen LogP contribution in [0, 0.1) is 18.3 Å². The standard InChI is InChI=1S/C13H13N3O2/c1-9-6-13(16(2)15-9)18-12-7-11(17-3)5-4-10(12)8-14/h4-7H,1-3H3. The van der Waals surface area contributed by atoms with Gasteiger partial charge in [-0.05, 0) is 19.1 Å². The molecule has 5 heteroatoms. The van der Waals surface area contributed by atoms with Crippen LogP contribution in [0.5, 0.6) is 17.4 Å². The van der Waals surface area contributed by atoms with Crippen LogP contribution in [0.25, 0.3) is 0 Å². The molecule has 5 nitrogen and oxygen atoms in total. The lowest BCUT2D eigenvalue weighted by Gasteiger charge is -2.08. The van der Waals surface area contributed by atoms with Crippen LogP contribution in [-0.2, 0) is 7.05 Å². The van der Waals surface area contributed by atoms with E-state index in [1.807, 2.05) is 6.92 Å². The lowest BCUT2D eigenvalue weighted by molar-refractivity contribution is 0.401. The van der Waals surface area contributed by atoms with Gasteiger partial charge in [0.05, 0.1) is 18.4 Å². The molecule has 0 saturated heterocycles. The molecule has 18 heavy (non-hydrogen) atoms. The highest BCUT2D eigenvalue weighted by molar-refractivity contribution is 5.48. The monoisotopic (exact) mass is 243 g/mol. The van der Waals surface area contributed by atoms with Crippen LogP contribution in [0.2, 0.25) is 0 Å². The molecular weight excluding hydrogens is 230 g/mol. The number of nitrogens with zero attached hydrogens (tertiary/aromatic N) is 3. The summed E-state index contributed by atoms with van der Waals surface area (Å²) >= 11 is 0. The summed E-state index contributed by atoms with van der Waals surface area (Å²) in [7, 11) is 3.36. The van der Waals surface area contributed by atoms with Crippen molar-refractivity contribution in [3.05, 3.63) is 35.5 Å². The minimum absolute atomic E-state index is 0.453. The number of ether oxygens (including phenoxy) is 2. The van der Waals surface area contributed by atoms with Gasteiger partial charge in [0.15, 0.2) is 5.75 Å². The maximum absolute atomic E-state index is 9.04. The van der Waals surface area contributed by atoms with Crippen molar-refractivity contribution >= 4 is 0 Å². The van der Waals surface area contributed by atoms with Gasteiger partial charge in [0.2, 0.25) is 5.88 Å². The van der Waals surface area contributed by atoms with Crippen LogP contribution in [-0.4, -0.2) is 16.9 Å². The molecule has 0 fully saturated rings. The molecule has 92 valence electrons. The lowest BCUT2D eigenvalue weighted by atomic mass is 10.2. The number of nitriles is 1. The van der Waals surface area contributed by atoms with E-state index in [0.717, 1.165) is 5.69 Å². The highest BCUT2D eigenvalue weighted by atomic mass is 16.5. The molecule has 1 aromatic carbocycles. The summed E-state index contributed by atoms with van der Waals surface area (Å²) in [5.41, 5.74) is 1.31. The Morgan fingerprint density at radius 2 is 2.11 bits per heavy atom. The average molecular weight is 243 g/mol. The summed E-state index contributed by atoms with van der Waals surface area (Å²) in [5.74, 6) is 1.68. The Hall–Kier alpha value is -2.48. The van der Waals surface area contributed by atoms with E-state index < -0.39 is 0 Å². The van der Waals surface area contributed by atoms with Gasteiger partial charge in [0.1, 0.15) is 11.8 Å². The molecule has 0 spiro atoms. The van der Waals surface area contributed by atoms with Gasteiger partial charge in [-0.25, -0.2) is 4.68 Å². The first kappa shape index (κ1) is 12.0. The predicted octanol–water partition coefficient (Wildman–Crippen LogP) is 2.40. The number of rotatable bonds is 3. The molecule has 1 heterocycles. The fourth-order valence-corrected chi connectivity index (χ4v) is 1.60. The van der Waals surface area contributed by atoms with Crippen molar-refractivity contribution in [2.75, 3.05) is 7.11 Å². The summed E-state index contributed by atoms with van der Waals surface area (Å²) in [4.78, 5) is 0. The zero-order chi connectivity index (χ0) is 13.1. The average Bonchev–Trinajstić information content (AvgIpc) is 2.67. The molecule has 2 rings (SSSR count). The van der Waals surface area contributed by atoms with Crippen LogP contribution >= 0.6 is 0 Å². The van der Waals surface area contributed by atoms with Crippen molar-refractivity contribution < 1.29 is 9.47 Å². The lowest BCUT2D eigenvalue weighted by Crippen LogP contribution is -1.97. The minimum Gasteiger partial charge on any atom is -0.497 e. The van der Waals surface area contributed by atoms with E-state index in [2.05, 4.69) is 11.2 Å². The minimum atomic E-state index is 0.453. The Morgan fingerprint density at radius 3 is 2.67 bits per heavy atom. The number of hydrogen-bond donors (Lipinski definition) is 0. The summed E-state index contributed by atoms with van der Waals surface area (Å²) in [6.45, 7) is 1.88. The Morgan fingerprint density at radius 1 is 1.33 bits per heavy atom. The Balaban J connectivity index is 2.38. The predicted molar refractivity (Wildman–Crippen MR) is 65.7 cm³/mol. The van der Waals surface area contributed by atoms with Crippen molar-refractivity contribution in [3.8, 4) is 23.4 Å².